The molecule has 0 spiro atoms. The van der Waals surface area contributed by atoms with Crippen LogP contribution < -0.4 is 10.0 Å². The fourth-order valence-electron chi connectivity index (χ4n) is 4.17. The SMILES string of the molecule is CN(C)[C@H]1C[C@H]2[C@@H](C[C@@H]1Nc1cc(F)c(S(=O)(=O)Nc3nccs3)cc1Cl)C2(Cl)Cl. The molecule has 0 unspecified atom stereocenters. The highest BCUT2D eigenvalue weighted by Crippen LogP contribution is 2.65. The topological polar surface area (TPSA) is 74.3 Å². The number of anilines is 2. The van der Waals surface area contributed by atoms with Crippen molar-refractivity contribution in [1.82, 2.24) is 9.88 Å². The summed E-state index contributed by atoms with van der Waals surface area (Å²) in [4.78, 5) is 5.40. The predicted octanol–water partition coefficient (Wildman–Crippen LogP) is 4.66. The van der Waals surface area contributed by atoms with Gasteiger partial charge in [0, 0.05) is 23.7 Å². The summed E-state index contributed by atoms with van der Waals surface area (Å²) in [6.07, 6.45) is 2.97. The van der Waals surface area contributed by atoms with Crippen LogP contribution in [0.2, 0.25) is 5.02 Å². The molecule has 164 valence electrons. The minimum Gasteiger partial charge on any atom is -0.379 e. The quantitative estimate of drug-likeness (QED) is 0.550. The maximum Gasteiger partial charge on any atom is 0.266 e. The van der Waals surface area contributed by atoms with Crippen molar-refractivity contribution in [3.63, 3.8) is 0 Å². The van der Waals surface area contributed by atoms with Crippen LogP contribution in [0.3, 0.4) is 0 Å². The smallest absolute Gasteiger partial charge is 0.266 e. The number of benzene rings is 1. The second-order valence-corrected chi connectivity index (χ2v) is 12.2. The Morgan fingerprint density at radius 2 is 1.97 bits per heavy atom. The van der Waals surface area contributed by atoms with Gasteiger partial charge in [-0.2, -0.15) is 0 Å². The molecule has 2 fully saturated rings. The standard InChI is InChI=1S/C18H20Cl3FN4O2S2/c1-26(2)15-6-10-9(18(10,20)21)5-14(15)24-13-8-12(22)16(7-11(13)19)30(27,28)25-17-23-3-4-29-17/h3-4,7-10,14-15,24H,5-6H2,1-2H3,(H,23,25)/t9-,10+,14+,15+/m1/s1. The Bertz CT molecular complexity index is 1050. The van der Waals surface area contributed by atoms with Crippen LogP contribution in [0.1, 0.15) is 12.8 Å². The lowest BCUT2D eigenvalue weighted by molar-refractivity contribution is 0.204. The molecule has 2 aromatic rings. The van der Waals surface area contributed by atoms with E-state index in [1.807, 2.05) is 14.1 Å². The number of nitrogens with one attached hydrogen (secondary N) is 2. The normalized spacial score (nSPS) is 27.6. The van der Waals surface area contributed by atoms with E-state index in [0.29, 0.717) is 12.1 Å². The highest BCUT2D eigenvalue weighted by atomic mass is 35.5. The maximum absolute atomic E-state index is 14.8. The summed E-state index contributed by atoms with van der Waals surface area (Å²) in [5.41, 5.74) is 0.327. The van der Waals surface area contributed by atoms with Crippen molar-refractivity contribution in [3.05, 3.63) is 34.5 Å². The van der Waals surface area contributed by atoms with Gasteiger partial charge in [0.15, 0.2) is 5.13 Å². The van der Waals surface area contributed by atoms with E-state index >= 15 is 0 Å². The molecule has 4 rings (SSSR count). The van der Waals surface area contributed by atoms with E-state index in [9.17, 15) is 12.8 Å². The van der Waals surface area contributed by atoms with Crippen molar-refractivity contribution in [3.8, 4) is 0 Å². The molecule has 0 radical (unpaired) electrons. The van der Waals surface area contributed by atoms with Crippen LogP contribution in [0.15, 0.2) is 28.6 Å². The molecule has 2 aliphatic carbocycles. The first-order chi connectivity index (χ1) is 14.0. The first kappa shape index (κ1) is 22.4. The number of thiazole rings is 1. The van der Waals surface area contributed by atoms with Gasteiger partial charge in [-0.15, -0.1) is 34.5 Å². The first-order valence-corrected chi connectivity index (χ1v) is 12.7. The molecular formula is C18H20Cl3FN4O2S2. The van der Waals surface area contributed by atoms with Gasteiger partial charge < -0.3 is 10.2 Å². The largest absolute Gasteiger partial charge is 0.379 e. The van der Waals surface area contributed by atoms with Crippen molar-refractivity contribution >= 4 is 67.0 Å². The average Bonchev–Trinajstić information content (AvgIpc) is 2.97. The summed E-state index contributed by atoms with van der Waals surface area (Å²) in [6, 6.07) is 2.28. The maximum atomic E-state index is 14.8. The molecule has 1 heterocycles. The van der Waals surface area contributed by atoms with Gasteiger partial charge in [0.05, 0.1) is 10.7 Å². The monoisotopic (exact) mass is 512 g/mol. The van der Waals surface area contributed by atoms with Gasteiger partial charge in [-0.3, -0.25) is 4.72 Å². The molecule has 0 aliphatic heterocycles. The van der Waals surface area contributed by atoms with Crippen LogP contribution in [-0.2, 0) is 10.0 Å². The van der Waals surface area contributed by atoms with Gasteiger partial charge >= 0.3 is 0 Å². The number of hydrogen-bond acceptors (Lipinski definition) is 6. The summed E-state index contributed by atoms with van der Waals surface area (Å²) in [5.74, 6) is -0.500. The number of aromatic nitrogens is 1. The lowest BCUT2D eigenvalue weighted by Crippen LogP contribution is -2.46. The van der Waals surface area contributed by atoms with Gasteiger partial charge in [0.1, 0.15) is 15.0 Å². The Kier molecular flexibility index (Phi) is 5.91. The third-order valence-corrected chi connectivity index (χ3v) is 9.41. The Labute approximate surface area is 193 Å². The van der Waals surface area contributed by atoms with Crippen LogP contribution in [0, 0.1) is 17.7 Å². The van der Waals surface area contributed by atoms with Crippen LogP contribution >= 0.6 is 46.1 Å². The summed E-state index contributed by atoms with van der Waals surface area (Å²) < 4.78 is 41.4. The number of hydrogen-bond donors (Lipinski definition) is 2. The number of fused-ring (bicyclic) bond motifs is 1. The van der Waals surface area contributed by atoms with Crippen LogP contribution in [0.25, 0.3) is 0 Å². The Morgan fingerprint density at radius 3 is 2.60 bits per heavy atom. The van der Waals surface area contributed by atoms with E-state index in [4.69, 9.17) is 34.8 Å². The number of rotatable bonds is 6. The number of alkyl halides is 2. The van der Waals surface area contributed by atoms with Crippen molar-refractivity contribution in [2.45, 2.75) is 34.2 Å². The molecule has 0 saturated heterocycles. The third-order valence-electron chi connectivity index (χ3n) is 5.80. The van der Waals surface area contributed by atoms with Crippen LogP contribution in [0.4, 0.5) is 15.2 Å². The molecular weight excluding hydrogens is 494 g/mol. The average molecular weight is 514 g/mol. The lowest BCUT2D eigenvalue weighted by Gasteiger charge is -2.36. The lowest BCUT2D eigenvalue weighted by atomic mass is 9.89. The molecule has 4 atom stereocenters. The molecule has 2 saturated carbocycles. The van der Waals surface area contributed by atoms with Crippen molar-refractivity contribution in [2.24, 2.45) is 11.8 Å². The molecule has 12 heteroatoms. The van der Waals surface area contributed by atoms with Gasteiger partial charge in [-0.1, -0.05) is 11.6 Å². The number of likely N-dealkylation sites (N-methyl/N-ethyl adjacent to an activating group) is 1. The highest BCUT2D eigenvalue weighted by molar-refractivity contribution is 7.93. The third kappa shape index (κ3) is 4.12. The molecule has 1 aromatic heterocycles. The van der Waals surface area contributed by atoms with Crippen LogP contribution in [0.5, 0.6) is 0 Å². The van der Waals surface area contributed by atoms with E-state index in [0.717, 1.165) is 29.9 Å². The summed E-state index contributed by atoms with van der Waals surface area (Å²) in [7, 11) is -0.227. The van der Waals surface area contributed by atoms with E-state index < -0.39 is 25.1 Å². The molecule has 6 nitrogen and oxygen atoms in total. The Hall–Kier alpha value is -0.840. The fraction of sp³-hybridized carbons (Fsp3) is 0.500. The van der Waals surface area contributed by atoms with E-state index in [-0.39, 0.29) is 34.1 Å². The molecule has 0 amide bonds. The molecule has 2 aliphatic rings. The first-order valence-electron chi connectivity index (χ1n) is 9.23. The second kappa shape index (κ2) is 7.94. The van der Waals surface area contributed by atoms with E-state index in [1.165, 1.54) is 6.20 Å². The van der Waals surface area contributed by atoms with E-state index in [1.54, 1.807) is 5.38 Å². The Morgan fingerprint density at radius 1 is 1.27 bits per heavy atom. The molecule has 2 N–H and O–H groups in total. The summed E-state index contributed by atoms with van der Waals surface area (Å²) in [6.45, 7) is 0. The van der Waals surface area contributed by atoms with Crippen molar-refractivity contribution in [2.75, 3.05) is 24.1 Å². The van der Waals surface area contributed by atoms with Crippen LogP contribution in [-0.4, -0.2) is 48.8 Å². The molecule has 1 aromatic carbocycles. The van der Waals surface area contributed by atoms with E-state index in [2.05, 4.69) is 19.9 Å². The van der Waals surface area contributed by atoms with Gasteiger partial charge in [0.2, 0.25) is 0 Å². The minimum absolute atomic E-state index is 0.0616. The van der Waals surface area contributed by atoms with Crippen molar-refractivity contribution < 1.29 is 12.8 Å². The highest BCUT2D eigenvalue weighted by Gasteiger charge is 2.66. The second-order valence-electron chi connectivity index (χ2n) is 7.85. The molecule has 0 bridgehead atoms. The molecule has 30 heavy (non-hydrogen) atoms. The zero-order valence-corrected chi connectivity index (χ0v) is 20.0. The van der Waals surface area contributed by atoms with Crippen molar-refractivity contribution in [1.29, 1.82) is 0 Å². The number of halogens is 4. The summed E-state index contributed by atoms with van der Waals surface area (Å²) in [5, 5.41) is 5.15. The van der Waals surface area contributed by atoms with Gasteiger partial charge in [-0.05, 0) is 50.9 Å². The zero-order valence-electron chi connectivity index (χ0n) is 16.1. The number of sulfonamides is 1. The predicted molar refractivity (Wildman–Crippen MR) is 120 cm³/mol. The van der Waals surface area contributed by atoms with Gasteiger partial charge in [-0.25, -0.2) is 17.8 Å². The summed E-state index contributed by atoms with van der Waals surface area (Å²) >= 11 is 20.2. The number of nitrogens with zero attached hydrogens (tertiary/aromatic N) is 2. The van der Waals surface area contributed by atoms with Gasteiger partial charge in [0.25, 0.3) is 10.0 Å². The Balaban J connectivity index is 1.57. The fourth-order valence-corrected chi connectivity index (χ4v) is 7.17. The minimum atomic E-state index is -4.16. The zero-order chi connectivity index (χ0) is 21.8.